The minimum Gasteiger partial charge on any atom is -0.507 e. The zero-order valence-corrected chi connectivity index (χ0v) is 4.66. The van der Waals surface area contributed by atoms with Crippen LogP contribution in [0.5, 0.6) is 5.75 Å². The number of phenols is 1. The van der Waals surface area contributed by atoms with Crippen LogP contribution in [0, 0.1) is 0 Å². The third kappa shape index (κ3) is 1.08. The Hall–Kier alpha value is -1.31. The van der Waals surface area contributed by atoms with E-state index in [9.17, 15) is 4.79 Å². The maximum atomic E-state index is 10.4. The lowest BCUT2D eigenvalue weighted by Gasteiger charge is -1.91. The quantitative estimate of drug-likeness (QED) is 0.571. The summed E-state index contributed by atoms with van der Waals surface area (Å²) in [5.74, 6) is -0.137. The standard InChI is InChI=1S/C7H6O2/c8-5-6-3-1-2-4-7(6)9/h1-5,9H/i5T. The van der Waals surface area contributed by atoms with Gasteiger partial charge in [-0.15, -0.1) is 0 Å². The molecule has 1 N–H and O–H groups in total. The Labute approximate surface area is 54.2 Å². The number of phenolic OH excluding ortho intramolecular Hbond substituents is 1. The molecule has 0 aliphatic rings. The number of aldehydes is 1. The Morgan fingerprint density at radius 1 is 1.56 bits per heavy atom. The zero-order valence-electron chi connectivity index (χ0n) is 5.66. The van der Waals surface area contributed by atoms with Gasteiger partial charge in [0.2, 0.25) is 0 Å². The van der Waals surface area contributed by atoms with Gasteiger partial charge < -0.3 is 5.11 Å². The van der Waals surface area contributed by atoms with E-state index in [4.69, 9.17) is 6.48 Å². The SMILES string of the molecule is [3H]C(=O)c1ccccc1O. The van der Waals surface area contributed by atoms with E-state index in [0.29, 0.717) is 0 Å². The number of carbonyl (C=O) groups excluding carboxylic acids is 1. The molecule has 0 unspecified atom stereocenters. The Bertz CT molecular complexity index is 258. The van der Waals surface area contributed by atoms with Crippen molar-refractivity contribution in [2.24, 2.45) is 0 Å². The second-order valence-corrected chi connectivity index (χ2v) is 1.62. The van der Waals surface area contributed by atoms with Crippen LogP contribution in [0.25, 0.3) is 0 Å². The number of rotatable bonds is 1. The highest BCUT2D eigenvalue weighted by atomic mass is 16.3. The number of aromatic hydroxyl groups is 1. The van der Waals surface area contributed by atoms with Gasteiger partial charge in [0.25, 0.3) is 0 Å². The first-order valence-corrected chi connectivity index (χ1v) is 2.51. The van der Waals surface area contributed by atoms with Crippen LogP contribution in [-0.4, -0.2) is 11.4 Å². The number of hydrogen-bond acceptors (Lipinski definition) is 2. The molecular formula is C7H6O2. The summed E-state index contributed by atoms with van der Waals surface area (Å²) in [6.07, 6.45) is -0.863. The van der Waals surface area contributed by atoms with Crippen LogP contribution in [-0.2, 0) is 0 Å². The molecule has 0 atom stereocenters. The van der Waals surface area contributed by atoms with Crippen molar-refractivity contribution in [3.05, 3.63) is 29.8 Å². The van der Waals surface area contributed by atoms with Gasteiger partial charge in [-0.2, -0.15) is 0 Å². The van der Waals surface area contributed by atoms with Gasteiger partial charge in [-0.1, -0.05) is 12.1 Å². The van der Waals surface area contributed by atoms with Gasteiger partial charge >= 0.3 is 0 Å². The van der Waals surface area contributed by atoms with Crippen molar-refractivity contribution < 1.29 is 11.3 Å². The molecule has 0 heterocycles. The number of para-hydroxylation sites is 1. The van der Waals surface area contributed by atoms with E-state index in [2.05, 4.69) is 0 Å². The first kappa shape index (κ1) is 4.56. The molecule has 0 bridgehead atoms. The summed E-state index contributed by atoms with van der Waals surface area (Å²) in [5, 5.41) is 8.94. The molecule has 2 nitrogen and oxygen atoms in total. The molecule has 0 radical (unpaired) electrons. The minimum atomic E-state index is -0.863. The summed E-state index contributed by atoms with van der Waals surface area (Å²) in [6, 6.07) is 5.98. The summed E-state index contributed by atoms with van der Waals surface area (Å²) < 4.78 is 6.66. The molecule has 0 aliphatic heterocycles. The summed E-state index contributed by atoms with van der Waals surface area (Å²) >= 11 is 0. The van der Waals surface area contributed by atoms with Gasteiger partial charge in [0.15, 0.2) is 6.26 Å². The first-order valence-electron chi connectivity index (χ1n) is 3.01. The molecule has 0 saturated carbocycles. The van der Waals surface area contributed by atoms with Crippen LogP contribution in [0.2, 0.25) is 0 Å². The Morgan fingerprint density at radius 2 is 2.22 bits per heavy atom. The fourth-order valence-corrected chi connectivity index (χ4v) is 0.560. The summed E-state index contributed by atoms with van der Waals surface area (Å²) in [5.41, 5.74) is 0.0440. The minimum absolute atomic E-state index is 0.0440. The second kappa shape index (κ2) is 2.31. The van der Waals surface area contributed by atoms with Crippen LogP contribution >= 0.6 is 0 Å². The molecule has 0 amide bonds. The molecule has 0 spiro atoms. The molecule has 0 aromatic heterocycles. The van der Waals surface area contributed by atoms with Gasteiger partial charge in [-0.25, -0.2) is 0 Å². The van der Waals surface area contributed by atoms with Gasteiger partial charge in [-0.3, -0.25) is 4.79 Å². The molecule has 1 aromatic rings. The Balaban J connectivity index is 3.15. The molecule has 9 heavy (non-hydrogen) atoms. The number of hydrogen-bond donors (Lipinski definition) is 1. The first-order chi connectivity index (χ1) is 4.72. The zero-order chi connectivity index (χ0) is 7.56. The Morgan fingerprint density at radius 3 is 2.67 bits per heavy atom. The van der Waals surface area contributed by atoms with Crippen LogP contribution in [0.4, 0.5) is 0 Å². The average Bonchev–Trinajstić information content (AvgIpc) is 1.88. The summed E-state index contributed by atoms with van der Waals surface area (Å²) in [4.78, 5) is 10.4. The highest BCUT2D eigenvalue weighted by Crippen LogP contribution is 2.11. The predicted molar refractivity (Wildman–Crippen MR) is 33.5 cm³/mol. The maximum absolute atomic E-state index is 10.4. The van der Waals surface area contributed by atoms with Gasteiger partial charge in [0.05, 0.1) is 5.56 Å². The van der Waals surface area contributed by atoms with E-state index in [-0.39, 0.29) is 11.3 Å². The van der Waals surface area contributed by atoms with Crippen molar-refractivity contribution in [2.45, 2.75) is 0 Å². The van der Waals surface area contributed by atoms with Crippen molar-refractivity contribution in [3.8, 4) is 5.75 Å². The van der Waals surface area contributed by atoms with E-state index >= 15 is 0 Å². The van der Waals surface area contributed by atoms with Crippen molar-refractivity contribution in [2.75, 3.05) is 0 Å². The number of carbonyl (C=O) groups is 1. The van der Waals surface area contributed by atoms with E-state index < -0.39 is 6.26 Å². The van der Waals surface area contributed by atoms with Gasteiger partial charge in [0, 0.05) is 0 Å². The molecule has 2 heteroatoms. The van der Waals surface area contributed by atoms with Crippen LogP contribution in [0.1, 0.15) is 11.7 Å². The van der Waals surface area contributed by atoms with Crippen molar-refractivity contribution in [1.29, 1.82) is 0 Å². The van der Waals surface area contributed by atoms with Crippen LogP contribution in [0.3, 0.4) is 0 Å². The third-order valence-corrected chi connectivity index (χ3v) is 1.01. The molecule has 1 aromatic carbocycles. The summed E-state index contributed by atoms with van der Waals surface area (Å²) in [7, 11) is 0. The van der Waals surface area contributed by atoms with Crippen molar-refractivity contribution in [3.63, 3.8) is 0 Å². The summed E-state index contributed by atoms with van der Waals surface area (Å²) in [6.45, 7) is 0. The monoisotopic (exact) mass is 124 g/mol. The normalized spacial score (nSPS) is 10.4. The Kier molecular flexibility index (Phi) is 1.17. The van der Waals surface area contributed by atoms with Gasteiger partial charge in [0.1, 0.15) is 7.12 Å². The molecule has 0 saturated heterocycles. The lowest BCUT2D eigenvalue weighted by Crippen LogP contribution is -1.77. The molecular weight excluding hydrogens is 116 g/mol. The van der Waals surface area contributed by atoms with E-state index in [1.807, 2.05) is 0 Å². The average molecular weight is 124 g/mol. The maximum Gasteiger partial charge on any atom is 0.153 e. The second-order valence-electron chi connectivity index (χ2n) is 1.62. The lowest BCUT2D eigenvalue weighted by molar-refractivity contribution is 0.112. The smallest absolute Gasteiger partial charge is 0.153 e. The van der Waals surface area contributed by atoms with E-state index in [1.54, 1.807) is 12.1 Å². The highest BCUT2D eigenvalue weighted by Gasteiger charge is 1.93. The lowest BCUT2D eigenvalue weighted by atomic mass is 10.2. The van der Waals surface area contributed by atoms with Crippen molar-refractivity contribution in [1.82, 2.24) is 0 Å². The molecule has 0 fully saturated rings. The molecule has 1 rings (SSSR count). The van der Waals surface area contributed by atoms with Crippen LogP contribution in [0.15, 0.2) is 24.3 Å². The predicted octanol–water partition coefficient (Wildman–Crippen LogP) is 1.20. The largest absolute Gasteiger partial charge is 0.507 e. The number of benzene rings is 1. The van der Waals surface area contributed by atoms with E-state index in [0.717, 1.165) is 0 Å². The van der Waals surface area contributed by atoms with Crippen molar-refractivity contribution >= 4 is 6.26 Å². The fraction of sp³-hybridized carbons (Fsp3) is 0. The third-order valence-electron chi connectivity index (χ3n) is 1.01. The molecule has 46 valence electrons. The van der Waals surface area contributed by atoms with E-state index in [1.165, 1.54) is 12.1 Å². The molecule has 0 aliphatic carbocycles. The highest BCUT2D eigenvalue weighted by molar-refractivity contribution is 5.78. The van der Waals surface area contributed by atoms with Crippen LogP contribution < -0.4 is 0 Å². The fourth-order valence-electron chi connectivity index (χ4n) is 0.560. The topological polar surface area (TPSA) is 37.3 Å². The van der Waals surface area contributed by atoms with Gasteiger partial charge in [-0.05, 0) is 12.1 Å².